The molecule has 1 heterocycles. The number of nitrogens with zero attached hydrogens (tertiary/aromatic N) is 3. The van der Waals surface area contributed by atoms with Crippen LogP contribution in [0.15, 0.2) is 54.6 Å². The summed E-state index contributed by atoms with van der Waals surface area (Å²) in [4.78, 5) is 26.8. The van der Waals surface area contributed by atoms with Crippen LogP contribution in [0.4, 0.5) is 0 Å². The van der Waals surface area contributed by atoms with Crippen molar-refractivity contribution >= 4 is 11.7 Å². The van der Waals surface area contributed by atoms with Crippen LogP contribution < -0.4 is 0 Å². The summed E-state index contributed by atoms with van der Waals surface area (Å²) >= 11 is 0. The highest BCUT2D eigenvalue weighted by Gasteiger charge is 2.18. The van der Waals surface area contributed by atoms with Gasteiger partial charge >= 0.3 is 0 Å². The van der Waals surface area contributed by atoms with E-state index in [-0.39, 0.29) is 24.5 Å². The third kappa shape index (κ3) is 5.48. The third-order valence-electron chi connectivity index (χ3n) is 5.64. The molecule has 0 N–H and O–H groups in total. The van der Waals surface area contributed by atoms with Crippen LogP contribution >= 0.6 is 0 Å². The van der Waals surface area contributed by atoms with Crippen molar-refractivity contribution in [1.82, 2.24) is 14.7 Å². The molecule has 5 heteroatoms. The van der Waals surface area contributed by atoms with Gasteiger partial charge < -0.3 is 4.90 Å². The lowest BCUT2D eigenvalue weighted by Gasteiger charge is -2.17. The van der Waals surface area contributed by atoms with Crippen LogP contribution in [0.2, 0.25) is 0 Å². The lowest BCUT2D eigenvalue weighted by Crippen LogP contribution is -2.27. The van der Waals surface area contributed by atoms with Gasteiger partial charge in [0.1, 0.15) is 0 Å². The van der Waals surface area contributed by atoms with E-state index < -0.39 is 0 Å². The molecule has 0 atom stereocenters. The number of benzene rings is 2. The fourth-order valence-corrected chi connectivity index (χ4v) is 3.75. The van der Waals surface area contributed by atoms with Crippen LogP contribution in [0.1, 0.15) is 59.1 Å². The number of carbonyl (C=O) groups excluding carboxylic acids is 2. The molecule has 0 aliphatic rings. The molecule has 0 saturated carbocycles. The van der Waals surface area contributed by atoms with Gasteiger partial charge in [-0.05, 0) is 38.0 Å². The summed E-state index contributed by atoms with van der Waals surface area (Å²) in [6.07, 6.45) is 2.52. The minimum Gasteiger partial charge on any atom is -0.341 e. The van der Waals surface area contributed by atoms with Crippen molar-refractivity contribution in [3.8, 4) is 5.69 Å². The van der Waals surface area contributed by atoms with E-state index in [2.05, 4.69) is 12.0 Å². The molecule has 0 radical (unpaired) electrons. The third-order valence-corrected chi connectivity index (χ3v) is 5.64. The molecular weight excluding hydrogens is 386 g/mol. The second-order valence-electron chi connectivity index (χ2n) is 8.02. The maximum absolute atomic E-state index is 12.7. The van der Waals surface area contributed by atoms with Crippen LogP contribution in [0.3, 0.4) is 0 Å². The first-order chi connectivity index (χ1) is 14.9. The van der Waals surface area contributed by atoms with Gasteiger partial charge in [0.05, 0.1) is 11.4 Å². The van der Waals surface area contributed by atoms with Gasteiger partial charge in [-0.3, -0.25) is 9.59 Å². The Morgan fingerprint density at radius 1 is 0.968 bits per heavy atom. The molecule has 1 aromatic heterocycles. The zero-order valence-corrected chi connectivity index (χ0v) is 18.9. The number of hydrogen-bond donors (Lipinski definition) is 0. The van der Waals surface area contributed by atoms with Crippen LogP contribution in [-0.4, -0.2) is 33.4 Å². The highest BCUT2D eigenvalue weighted by Crippen LogP contribution is 2.20. The number of ketones is 1. The fraction of sp³-hybridized carbons (Fsp3) is 0.346. The van der Waals surface area contributed by atoms with Gasteiger partial charge in [-0.15, -0.1) is 0 Å². The number of amides is 1. The number of rotatable bonds is 9. The Bertz CT molecular complexity index is 1040. The van der Waals surface area contributed by atoms with Crippen molar-refractivity contribution in [1.29, 1.82) is 0 Å². The molecule has 2 aromatic carbocycles. The van der Waals surface area contributed by atoms with E-state index >= 15 is 0 Å². The van der Waals surface area contributed by atoms with E-state index in [4.69, 9.17) is 0 Å². The molecule has 3 aromatic rings. The smallest absolute Gasteiger partial charge is 0.223 e. The van der Waals surface area contributed by atoms with Gasteiger partial charge in [-0.2, -0.15) is 5.10 Å². The van der Waals surface area contributed by atoms with Gasteiger partial charge in [-0.25, -0.2) is 4.68 Å². The summed E-state index contributed by atoms with van der Waals surface area (Å²) in [5.41, 5.74) is 5.87. The Hall–Kier alpha value is -3.21. The molecule has 0 aliphatic carbocycles. The molecule has 162 valence electrons. The minimum absolute atomic E-state index is 0.00839. The number of aryl methyl sites for hydroxylation is 2. The Morgan fingerprint density at radius 2 is 1.65 bits per heavy atom. The number of Topliss-reactive ketones (excluding diaryl/α,β-unsaturated/α-hetero) is 1. The first-order valence-corrected chi connectivity index (χ1v) is 10.9. The molecule has 1 amide bonds. The topological polar surface area (TPSA) is 55.2 Å². The van der Waals surface area contributed by atoms with Gasteiger partial charge in [0.15, 0.2) is 5.78 Å². The van der Waals surface area contributed by atoms with Gasteiger partial charge in [-0.1, -0.05) is 55.8 Å². The molecule has 31 heavy (non-hydrogen) atoms. The minimum atomic E-state index is -0.0396. The Balaban J connectivity index is 1.59. The lowest BCUT2D eigenvalue weighted by atomic mass is 10.0. The zero-order chi connectivity index (χ0) is 22.4. The second kappa shape index (κ2) is 10.2. The summed E-state index contributed by atoms with van der Waals surface area (Å²) in [5.74, 6) is -0.0312. The first-order valence-electron chi connectivity index (χ1n) is 10.9. The number of aromatic nitrogens is 2. The summed E-state index contributed by atoms with van der Waals surface area (Å²) < 4.78 is 1.91. The first kappa shape index (κ1) is 22.5. The molecule has 5 nitrogen and oxygen atoms in total. The zero-order valence-electron chi connectivity index (χ0n) is 18.9. The number of carbonyl (C=O) groups is 2. The van der Waals surface area contributed by atoms with Crippen molar-refractivity contribution in [3.05, 3.63) is 82.7 Å². The largest absolute Gasteiger partial charge is 0.341 e. The number of para-hydroxylation sites is 1. The van der Waals surface area contributed by atoms with Crippen molar-refractivity contribution < 1.29 is 9.59 Å². The fourth-order valence-electron chi connectivity index (χ4n) is 3.75. The molecule has 0 fully saturated rings. The van der Waals surface area contributed by atoms with Crippen LogP contribution in [-0.2, 0) is 17.8 Å². The van der Waals surface area contributed by atoms with Crippen LogP contribution in [0, 0.1) is 13.8 Å². The van der Waals surface area contributed by atoms with Crippen LogP contribution in [0.25, 0.3) is 5.69 Å². The maximum Gasteiger partial charge on any atom is 0.223 e. The Morgan fingerprint density at radius 3 is 2.29 bits per heavy atom. The van der Waals surface area contributed by atoms with Gasteiger partial charge in [0, 0.05) is 43.3 Å². The SMILES string of the molecule is CCCc1ccc(C(=O)CCC(=O)N(C)Cc2c(C)nn(-c3ccccc3)c2C)cc1. The van der Waals surface area contributed by atoms with Gasteiger partial charge in [0.25, 0.3) is 0 Å². The molecule has 0 spiro atoms. The molecule has 0 bridgehead atoms. The highest BCUT2D eigenvalue weighted by molar-refractivity contribution is 5.97. The van der Waals surface area contributed by atoms with E-state index in [1.54, 1.807) is 11.9 Å². The van der Waals surface area contributed by atoms with Crippen LogP contribution in [0.5, 0.6) is 0 Å². The molecule has 0 aliphatic heterocycles. The van der Waals surface area contributed by atoms with E-state index in [0.717, 1.165) is 35.5 Å². The average Bonchev–Trinajstić information content (AvgIpc) is 3.06. The van der Waals surface area contributed by atoms with Gasteiger partial charge in [0.2, 0.25) is 5.91 Å². The van der Waals surface area contributed by atoms with Crippen molar-refractivity contribution in [2.75, 3.05) is 7.05 Å². The summed E-state index contributed by atoms with van der Waals surface area (Å²) in [6.45, 7) is 6.60. The Kier molecular flexibility index (Phi) is 7.40. The number of hydrogen-bond acceptors (Lipinski definition) is 3. The quantitative estimate of drug-likeness (QED) is 0.457. The Labute approximate surface area is 184 Å². The van der Waals surface area contributed by atoms with E-state index in [1.165, 1.54) is 5.56 Å². The standard InChI is InChI=1S/C26H31N3O2/c1-5-9-21-12-14-22(15-13-21)25(30)16-17-26(31)28(4)18-24-19(2)27-29(20(24)3)23-10-7-6-8-11-23/h6-8,10-15H,5,9,16-18H2,1-4H3. The maximum atomic E-state index is 12.7. The average molecular weight is 418 g/mol. The molecule has 3 rings (SSSR count). The lowest BCUT2D eigenvalue weighted by molar-refractivity contribution is -0.130. The summed E-state index contributed by atoms with van der Waals surface area (Å²) in [5, 5.41) is 4.65. The van der Waals surface area contributed by atoms with E-state index in [0.29, 0.717) is 12.1 Å². The van der Waals surface area contributed by atoms with E-state index in [1.807, 2.05) is 73.1 Å². The normalized spacial score (nSPS) is 10.8. The molecule has 0 saturated heterocycles. The van der Waals surface area contributed by atoms with Crippen molar-refractivity contribution in [3.63, 3.8) is 0 Å². The molecular formula is C26H31N3O2. The monoisotopic (exact) mass is 417 g/mol. The predicted molar refractivity (Wildman–Crippen MR) is 124 cm³/mol. The highest BCUT2D eigenvalue weighted by atomic mass is 16.2. The predicted octanol–water partition coefficient (Wildman–Crippen LogP) is 5.06. The van der Waals surface area contributed by atoms with Crippen molar-refractivity contribution in [2.45, 2.75) is 53.0 Å². The van der Waals surface area contributed by atoms with Crippen molar-refractivity contribution in [2.24, 2.45) is 0 Å². The summed E-state index contributed by atoms with van der Waals surface area (Å²) in [7, 11) is 1.78. The second-order valence-corrected chi connectivity index (χ2v) is 8.02. The summed E-state index contributed by atoms with van der Waals surface area (Å²) in [6, 6.07) is 17.7. The van der Waals surface area contributed by atoms with E-state index in [9.17, 15) is 9.59 Å². The molecule has 0 unspecified atom stereocenters.